The van der Waals surface area contributed by atoms with Crippen molar-refractivity contribution in [2.45, 2.75) is 26.2 Å². The lowest BCUT2D eigenvalue weighted by Crippen LogP contribution is -2.02. The summed E-state index contributed by atoms with van der Waals surface area (Å²) in [7, 11) is 0. The molecule has 0 amide bonds. The Hall–Kier alpha value is -0.860. The predicted molar refractivity (Wildman–Crippen MR) is 68.7 cm³/mol. The van der Waals surface area contributed by atoms with Crippen LogP contribution in [0.3, 0.4) is 0 Å². The summed E-state index contributed by atoms with van der Waals surface area (Å²) in [5.74, 6) is 0.604. The van der Waals surface area contributed by atoms with Gasteiger partial charge in [-0.1, -0.05) is 19.9 Å². The van der Waals surface area contributed by atoms with Crippen LogP contribution in [-0.4, -0.2) is 6.54 Å². The average molecular weight is 219 g/mol. The molecule has 1 heterocycles. The van der Waals surface area contributed by atoms with Crippen LogP contribution < -0.4 is 5.73 Å². The molecule has 0 saturated carbocycles. The van der Waals surface area contributed by atoms with Crippen molar-refractivity contribution in [3.05, 3.63) is 34.7 Å². The van der Waals surface area contributed by atoms with Gasteiger partial charge >= 0.3 is 0 Å². The zero-order valence-corrected chi connectivity index (χ0v) is 10.1. The van der Waals surface area contributed by atoms with Crippen LogP contribution in [0.1, 0.15) is 30.9 Å². The van der Waals surface area contributed by atoms with Gasteiger partial charge in [-0.05, 0) is 52.9 Å². The summed E-state index contributed by atoms with van der Waals surface area (Å²) < 4.78 is 1.39. The topological polar surface area (TPSA) is 26.0 Å². The van der Waals surface area contributed by atoms with E-state index in [1.165, 1.54) is 21.2 Å². The molecule has 0 fully saturated rings. The van der Waals surface area contributed by atoms with Gasteiger partial charge in [0.2, 0.25) is 0 Å². The van der Waals surface area contributed by atoms with Gasteiger partial charge in [0.25, 0.3) is 0 Å². The summed E-state index contributed by atoms with van der Waals surface area (Å²) in [6.07, 6.45) is 0.976. The van der Waals surface area contributed by atoms with Gasteiger partial charge in [-0.2, -0.15) is 0 Å². The maximum Gasteiger partial charge on any atom is 0.0345 e. The highest BCUT2D eigenvalue weighted by Gasteiger charge is 2.07. The summed E-state index contributed by atoms with van der Waals surface area (Å²) >= 11 is 1.84. The third-order valence-corrected chi connectivity index (χ3v) is 3.70. The van der Waals surface area contributed by atoms with E-state index in [2.05, 4.69) is 37.4 Å². The largest absolute Gasteiger partial charge is 0.330 e. The minimum atomic E-state index is 0.604. The molecule has 2 heteroatoms. The molecule has 1 aromatic carbocycles. The fourth-order valence-electron chi connectivity index (χ4n) is 1.87. The van der Waals surface area contributed by atoms with E-state index in [0.717, 1.165) is 13.0 Å². The average Bonchev–Trinajstić information content (AvgIpc) is 2.61. The van der Waals surface area contributed by atoms with Gasteiger partial charge in [-0.25, -0.2) is 0 Å². The Morgan fingerprint density at radius 3 is 2.80 bits per heavy atom. The zero-order chi connectivity index (χ0) is 10.8. The Morgan fingerprint density at radius 1 is 1.33 bits per heavy atom. The van der Waals surface area contributed by atoms with Crippen LogP contribution in [0.15, 0.2) is 23.6 Å². The number of rotatable bonds is 3. The number of benzene rings is 1. The zero-order valence-electron chi connectivity index (χ0n) is 9.29. The highest BCUT2D eigenvalue weighted by Crippen LogP contribution is 2.31. The molecule has 0 aliphatic carbocycles. The predicted octanol–water partition coefficient (Wildman–Crippen LogP) is 3.53. The first-order valence-corrected chi connectivity index (χ1v) is 6.30. The molecule has 80 valence electrons. The third kappa shape index (κ3) is 2.06. The van der Waals surface area contributed by atoms with Gasteiger partial charge in [0.15, 0.2) is 0 Å². The number of thiophene rings is 1. The fourth-order valence-corrected chi connectivity index (χ4v) is 2.97. The van der Waals surface area contributed by atoms with Gasteiger partial charge in [-0.15, -0.1) is 11.3 Å². The van der Waals surface area contributed by atoms with E-state index in [-0.39, 0.29) is 0 Å². The maximum absolute atomic E-state index is 5.58. The highest BCUT2D eigenvalue weighted by atomic mass is 32.1. The fraction of sp³-hybridized carbons (Fsp3) is 0.385. The quantitative estimate of drug-likeness (QED) is 0.839. The second-order valence-electron chi connectivity index (χ2n) is 4.21. The number of nitrogens with two attached hydrogens (primary N) is 1. The van der Waals surface area contributed by atoms with E-state index in [1.807, 2.05) is 11.3 Å². The first-order chi connectivity index (χ1) is 7.22. The molecule has 15 heavy (non-hydrogen) atoms. The molecule has 1 nitrogen and oxygen atoms in total. The van der Waals surface area contributed by atoms with Crippen LogP contribution in [-0.2, 0) is 6.42 Å². The first kappa shape index (κ1) is 10.7. The van der Waals surface area contributed by atoms with Crippen LogP contribution in [0.4, 0.5) is 0 Å². The summed E-state index contributed by atoms with van der Waals surface area (Å²) in [6.45, 7) is 5.22. The normalized spacial score (nSPS) is 11.5. The Bertz CT molecular complexity index is 457. The SMILES string of the molecule is CC(C)c1csc2ccc(CCN)cc12. The molecular formula is C13H17NS. The summed E-state index contributed by atoms with van der Waals surface area (Å²) in [6, 6.07) is 6.71. The molecule has 2 rings (SSSR count). The van der Waals surface area contributed by atoms with Crippen molar-refractivity contribution < 1.29 is 0 Å². The molecule has 0 atom stereocenters. The Morgan fingerprint density at radius 2 is 2.13 bits per heavy atom. The molecule has 0 unspecified atom stereocenters. The molecule has 1 aromatic heterocycles. The Balaban J connectivity index is 2.51. The molecule has 0 aliphatic rings. The lowest BCUT2D eigenvalue weighted by Gasteiger charge is -2.04. The smallest absolute Gasteiger partial charge is 0.0345 e. The lowest BCUT2D eigenvalue weighted by molar-refractivity contribution is 0.880. The van der Waals surface area contributed by atoms with E-state index in [1.54, 1.807) is 0 Å². The Kier molecular flexibility index (Phi) is 3.08. The standard InChI is InChI=1S/C13H17NS/c1-9(2)12-8-15-13-4-3-10(5-6-14)7-11(12)13/h3-4,7-9H,5-6,14H2,1-2H3. The monoisotopic (exact) mass is 219 g/mol. The van der Waals surface area contributed by atoms with Crippen molar-refractivity contribution >= 4 is 21.4 Å². The molecule has 0 radical (unpaired) electrons. The van der Waals surface area contributed by atoms with Gasteiger partial charge in [0.1, 0.15) is 0 Å². The highest BCUT2D eigenvalue weighted by molar-refractivity contribution is 7.17. The second kappa shape index (κ2) is 4.33. The minimum absolute atomic E-state index is 0.604. The van der Waals surface area contributed by atoms with Gasteiger partial charge in [-0.3, -0.25) is 0 Å². The molecule has 0 aliphatic heterocycles. The van der Waals surface area contributed by atoms with E-state index in [4.69, 9.17) is 5.73 Å². The van der Waals surface area contributed by atoms with Crippen LogP contribution in [0.2, 0.25) is 0 Å². The lowest BCUT2D eigenvalue weighted by atomic mass is 10.0. The number of hydrogen-bond donors (Lipinski definition) is 1. The van der Waals surface area contributed by atoms with Gasteiger partial charge in [0.05, 0.1) is 0 Å². The summed E-state index contributed by atoms with van der Waals surface area (Å²) in [5.41, 5.74) is 8.40. The molecule has 0 saturated heterocycles. The van der Waals surface area contributed by atoms with Crippen molar-refractivity contribution in [2.24, 2.45) is 5.73 Å². The summed E-state index contributed by atoms with van der Waals surface area (Å²) in [4.78, 5) is 0. The van der Waals surface area contributed by atoms with Crippen molar-refractivity contribution in [1.29, 1.82) is 0 Å². The van der Waals surface area contributed by atoms with E-state index in [0.29, 0.717) is 5.92 Å². The van der Waals surface area contributed by atoms with Crippen LogP contribution in [0.25, 0.3) is 10.1 Å². The molecule has 2 aromatic rings. The summed E-state index contributed by atoms with van der Waals surface area (Å²) in [5, 5.41) is 3.70. The van der Waals surface area contributed by atoms with E-state index < -0.39 is 0 Å². The van der Waals surface area contributed by atoms with Crippen LogP contribution in [0.5, 0.6) is 0 Å². The second-order valence-corrected chi connectivity index (χ2v) is 5.13. The van der Waals surface area contributed by atoms with Crippen LogP contribution >= 0.6 is 11.3 Å². The van der Waals surface area contributed by atoms with Crippen molar-refractivity contribution in [3.63, 3.8) is 0 Å². The minimum Gasteiger partial charge on any atom is -0.330 e. The first-order valence-electron chi connectivity index (χ1n) is 5.42. The van der Waals surface area contributed by atoms with Gasteiger partial charge < -0.3 is 5.73 Å². The van der Waals surface area contributed by atoms with E-state index >= 15 is 0 Å². The maximum atomic E-state index is 5.58. The third-order valence-electron chi connectivity index (χ3n) is 2.72. The molecule has 2 N–H and O–H groups in total. The molecular weight excluding hydrogens is 202 g/mol. The van der Waals surface area contributed by atoms with Crippen molar-refractivity contribution in [1.82, 2.24) is 0 Å². The number of hydrogen-bond acceptors (Lipinski definition) is 2. The Labute approximate surface area is 94.9 Å². The molecule has 0 spiro atoms. The van der Waals surface area contributed by atoms with Crippen molar-refractivity contribution in [3.8, 4) is 0 Å². The van der Waals surface area contributed by atoms with Gasteiger partial charge in [0, 0.05) is 4.70 Å². The number of fused-ring (bicyclic) bond motifs is 1. The molecule has 0 bridgehead atoms. The van der Waals surface area contributed by atoms with Crippen molar-refractivity contribution in [2.75, 3.05) is 6.54 Å². The van der Waals surface area contributed by atoms with E-state index in [9.17, 15) is 0 Å². The van der Waals surface area contributed by atoms with Crippen LogP contribution in [0, 0.1) is 0 Å².